The average molecular weight is 234 g/mol. The van der Waals surface area contributed by atoms with Crippen molar-refractivity contribution >= 4 is 5.69 Å². The van der Waals surface area contributed by atoms with Gasteiger partial charge in [-0.25, -0.2) is 0 Å². The van der Waals surface area contributed by atoms with E-state index in [4.69, 9.17) is 10.5 Å². The van der Waals surface area contributed by atoms with Crippen LogP contribution in [0.1, 0.15) is 19.3 Å². The van der Waals surface area contributed by atoms with Crippen LogP contribution in [0.3, 0.4) is 0 Å². The number of para-hydroxylation sites is 2. The van der Waals surface area contributed by atoms with Gasteiger partial charge in [-0.05, 0) is 37.3 Å². The van der Waals surface area contributed by atoms with Gasteiger partial charge in [0.2, 0.25) is 0 Å². The summed E-state index contributed by atoms with van der Waals surface area (Å²) in [6.07, 6.45) is 3.57. The maximum Gasteiger partial charge on any atom is 0.142 e. The number of nitrogens with zero attached hydrogens (tertiary/aromatic N) is 1. The summed E-state index contributed by atoms with van der Waals surface area (Å²) in [5.74, 6) is 1.66. The number of ether oxygens (including phenoxy) is 1. The third-order valence-electron chi connectivity index (χ3n) is 3.61. The largest absolute Gasteiger partial charge is 0.495 e. The van der Waals surface area contributed by atoms with E-state index in [-0.39, 0.29) is 0 Å². The first kappa shape index (κ1) is 12.2. The van der Waals surface area contributed by atoms with Crippen LogP contribution in [0.25, 0.3) is 0 Å². The lowest BCUT2D eigenvalue weighted by Crippen LogP contribution is -2.25. The molecule has 1 saturated carbocycles. The van der Waals surface area contributed by atoms with E-state index in [0.29, 0.717) is 6.04 Å². The molecule has 2 unspecified atom stereocenters. The summed E-state index contributed by atoms with van der Waals surface area (Å²) in [6, 6.07) is 8.57. The molecule has 0 spiro atoms. The Labute approximate surface area is 104 Å². The Morgan fingerprint density at radius 1 is 1.35 bits per heavy atom. The number of rotatable bonds is 4. The fourth-order valence-corrected chi connectivity index (χ4v) is 2.71. The molecule has 0 radical (unpaired) electrons. The molecule has 1 aromatic carbocycles. The maximum absolute atomic E-state index is 5.95. The van der Waals surface area contributed by atoms with Gasteiger partial charge in [0, 0.05) is 19.6 Å². The lowest BCUT2D eigenvalue weighted by molar-refractivity contribution is 0.413. The Morgan fingerprint density at radius 2 is 2.12 bits per heavy atom. The van der Waals surface area contributed by atoms with Crippen molar-refractivity contribution in [1.82, 2.24) is 0 Å². The van der Waals surface area contributed by atoms with Gasteiger partial charge in [-0.2, -0.15) is 0 Å². The van der Waals surface area contributed by atoms with Crippen LogP contribution in [0, 0.1) is 5.92 Å². The quantitative estimate of drug-likeness (QED) is 0.868. The molecule has 0 bridgehead atoms. The summed E-state index contributed by atoms with van der Waals surface area (Å²) < 4.78 is 5.39. The van der Waals surface area contributed by atoms with E-state index in [0.717, 1.165) is 30.3 Å². The molecule has 1 fully saturated rings. The van der Waals surface area contributed by atoms with Crippen LogP contribution < -0.4 is 15.4 Å². The second-order valence-electron chi connectivity index (χ2n) is 4.99. The van der Waals surface area contributed by atoms with Crippen LogP contribution in [-0.2, 0) is 0 Å². The second-order valence-corrected chi connectivity index (χ2v) is 4.99. The van der Waals surface area contributed by atoms with Crippen molar-refractivity contribution in [2.45, 2.75) is 25.3 Å². The van der Waals surface area contributed by atoms with Gasteiger partial charge in [0.05, 0.1) is 12.8 Å². The number of hydrogen-bond acceptors (Lipinski definition) is 3. The van der Waals surface area contributed by atoms with E-state index < -0.39 is 0 Å². The van der Waals surface area contributed by atoms with Crippen molar-refractivity contribution in [2.75, 3.05) is 25.6 Å². The standard InChI is InChI=1S/C14H22N2O/c1-16(10-11-7-8-12(15)9-11)13-5-3-4-6-14(13)17-2/h3-6,11-12H,7-10,15H2,1-2H3. The van der Waals surface area contributed by atoms with Crippen LogP contribution in [0.15, 0.2) is 24.3 Å². The SMILES string of the molecule is COc1ccccc1N(C)CC1CCC(N)C1. The molecular formula is C14H22N2O. The molecule has 0 aliphatic heterocycles. The predicted octanol–water partition coefficient (Wildman–Crippen LogP) is 2.26. The number of hydrogen-bond donors (Lipinski definition) is 1. The van der Waals surface area contributed by atoms with Gasteiger partial charge in [-0.15, -0.1) is 0 Å². The van der Waals surface area contributed by atoms with Crippen molar-refractivity contribution in [3.63, 3.8) is 0 Å². The normalized spacial score (nSPS) is 23.7. The van der Waals surface area contributed by atoms with Crippen LogP contribution in [0.4, 0.5) is 5.69 Å². The summed E-state index contributed by atoms with van der Waals surface area (Å²) in [6.45, 7) is 1.06. The molecule has 0 aromatic heterocycles. The minimum absolute atomic E-state index is 0.408. The first-order valence-corrected chi connectivity index (χ1v) is 6.30. The summed E-state index contributed by atoms with van der Waals surface area (Å²) in [4.78, 5) is 2.28. The monoisotopic (exact) mass is 234 g/mol. The Hall–Kier alpha value is -1.22. The highest BCUT2D eigenvalue weighted by molar-refractivity contribution is 5.57. The van der Waals surface area contributed by atoms with E-state index in [1.54, 1.807) is 7.11 Å². The van der Waals surface area contributed by atoms with E-state index in [2.05, 4.69) is 24.1 Å². The first-order chi connectivity index (χ1) is 8.20. The van der Waals surface area contributed by atoms with Gasteiger partial charge < -0.3 is 15.4 Å². The minimum Gasteiger partial charge on any atom is -0.495 e. The Morgan fingerprint density at radius 3 is 2.76 bits per heavy atom. The van der Waals surface area contributed by atoms with Crippen molar-refractivity contribution < 1.29 is 4.74 Å². The van der Waals surface area contributed by atoms with Gasteiger partial charge in [0.25, 0.3) is 0 Å². The van der Waals surface area contributed by atoms with E-state index >= 15 is 0 Å². The van der Waals surface area contributed by atoms with Gasteiger partial charge in [0.1, 0.15) is 5.75 Å². The third kappa shape index (κ3) is 2.91. The van der Waals surface area contributed by atoms with Gasteiger partial charge in [-0.3, -0.25) is 0 Å². The summed E-state index contributed by atoms with van der Waals surface area (Å²) in [5.41, 5.74) is 7.11. The molecule has 94 valence electrons. The third-order valence-corrected chi connectivity index (χ3v) is 3.61. The predicted molar refractivity (Wildman–Crippen MR) is 71.6 cm³/mol. The molecule has 3 heteroatoms. The molecule has 0 heterocycles. The first-order valence-electron chi connectivity index (χ1n) is 6.30. The summed E-state index contributed by atoms with van der Waals surface area (Å²) in [7, 11) is 3.85. The Kier molecular flexibility index (Phi) is 3.89. The zero-order chi connectivity index (χ0) is 12.3. The van der Waals surface area contributed by atoms with Gasteiger partial charge in [0.15, 0.2) is 0 Å². The van der Waals surface area contributed by atoms with Crippen LogP contribution in [-0.4, -0.2) is 26.7 Å². The average Bonchev–Trinajstić information content (AvgIpc) is 2.74. The van der Waals surface area contributed by atoms with Crippen molar-refractivity contribution in [3.05, 3.63) is 24.3 Å². The topological polar surface area (TPSA) is 38.5 Å². The van der Waals surface area contributed by atoms with E-state index in [1.165, 1.54) is 12.8 Å². The fraction of sp³-hybridized carbons (Fsp3) is 0.571. The molecule has 2 atom stereocenters. The zero-order valence-electron chi connectivity index (χ0n) is 10.7. The van der Waals surface area contributed by atoms with Crippen molar-refractivity contribution in [3.8, 4) is 5.75 Å². The lowest BCUT2D eigenvalue weighted by atomic mass is 10.1. The van der Waals surface area contributed by atoms with Gasteiger partial charge in [-0.1, -0.05) is 12.1 Å². The van der Waals surface area contributed by atoms with Crippen LogP contribution >= 0.6 is 0 Å². The Bertz CT molecular complexity index is 367. The molecule has 3 nitrogen and oxygen atoms in total. The van der Waals surface area contributed by atoms with Crippen molar-refractivity contribution in [1.29, 1.82) is 0 Å². The molecule has 17 heavy (non-hydrogen) atoms. The number of methoxy groups -OCH3 is 1. The van der Waals surface area contributed by atoms with E-state index in [9.17, 15) is 0 Å². The lowest BCUT2D eigenvalue weighted by Gasteiger charge is -2.24. The van der Waals surface area contributed by atoms with Gasteiger partial charge >= 0.3 is 0 Å². The molecule has 2 rings (SSSR count). The highest BCUT2D eigenvalue weighted by Crippen LogP contribution is 2.30. The summed E-state index contributed by atoms with van der Waals surface area (Å²) in [5, 5.41) is 0. The molecule has 1 aromatic rings. The number of anilines is 1. The minimum atomic E-state index is 0.408. The highest BCUT2D eigenvalue weighted by atomic mass is 16.5. The second kappa shape index (κ2) is 5.41. The molecule has 1 aliphatic carbocycles. The molecule has 0 saturated heterocycles. The maximum atomic E-state index is 5.95. The zero-order valence-corrected chi connectivity index (χ0v) is 10.7. The summed E-state index contributed by atoms with van der Waals surface area (Å²) >= 11 is 0. The van der Waals surface area contributed by atoms with Crippen molar-refractivity contribution in [2.24, 2.45) is 11.7 Å². The molecule has 0 amide bonds. The number of benzene rings is 1. The molecular weight excluding hydrogens is 212 g/mol. The van der Waals surface area contributed by atoms with E-state index in [1.807, 2.05) is 12.1 Å². The molecule has 2 N–H and O–H groups in total. The Balaban J connectivity index is 2.01. The number of nitrogens with two attached hydrogens (primary N) is 1. The fourth-order valence-electron chi connectivity index (χ4n) is 2.71. The smallest absolute Gasteiger partial charge is 0.142 e. The molecule has 1 aliphatic rings. The highest BCUT2D eigenvalue weighted by Gasteiger charge is 2.23. The van der Waals surface area contributed by atoms with Crippen LogP contribution in [0.5, 0.6) is 5.75 Å². The van der Waals surface area contributed by atoms with Crippen LogP contribution in [0.2, 0.25) is 0 Å².